The Bertz CT molecular complexity index is 412. The van der Waals surface area contributed by atoms with Crippen LogP contribution in [0.1, 0.15) is 11.1 Å². The summed E-state index contributed by atoms with van der Waals surface area (Å²) >= 11 is 0. The zero-order chi connectivity index (χ0) is 12.2. The van der Waals surface area contributed by atoms with Gasteiger partial charge < -0.3 is 4.74 Å². The molecule has 0 N–H and O–H groups in total. The van der Waals surface area contributed by atoms with Gasteiger partial charge in [0.25, 0.3) is 0 Å². The molecule has 0 unspecified atom stereocenters. The van der Waals surface area contributed by atoms with Crippen LogP contribution in [-0.4, -0.2) is 5.97 Å². The minimum absolute atomic E-state index is 0.138. The third-order valence-electron chi connectivity index (χ3n) is 1.77. The van der Waals surface area contributed by atoms with E-state index in [4.69, 9.17) is 6.42 Å². The summed E-state index contributed by atoms with van der Waals surface area (Å²) in [6.45, 7) is -0.138. The second-order valence-electron chi connectivity index (χ2n) is 2.92. The molecule has 1 aromatic carbocycles. The number of esters is 1. The van der Waals surface area contributed by atoms with Gasteiger partial charge in [0, 0.05) is 5.92 Å². The van der Waals surface area contributed by atoms with Crippen molar-refractivity contribution in [3.05, 3.63) is 35.4 Å². The topological polar surface area (TPSA) is 26.3 Å². The Hall–Kier alpha value is -1.96. The fourth-order valence-electron chi connectivity index (χ4n) is 0.981. The lowest BCUT2D eigenvalue weighted by atomic mass is 10.1. The van der Waals surface area contributed by atoms with Gasteiger partial charge in [-0.05, 0) is 17.7 Å². The van der Waals surface area contributed by atoms with Gasteiger partial charge in [-0.15, -0.1) is 6.42 Å². The van der Waals surface area contributed by atoms with Gasteiger partial charge in [0.2, 0.25) is 0 Å². The molecule has 84 valence electrons. The Morgan fingerprint density at radius 2 is 1.88 bits per heavy atom. The number of carbonyl (C=O) groups excluding carboxylic acids is 1. The van der Waals surface area contributed by atoms with Crippen molar-refractivity contribution in [2.75, 3.05) is 0 Å². The standard InChI is InChI=1S/C11H7F3O2/c1-2-10(15)16-7-8-3-5-9(6-4-8)11(12,13)14/h1,3-6H,7H2. The monoisotopic (exact) mass is 228 g/mol. The van der Waals surface area contributed by atoms with E-state index in [9.17, 15) is 18.0 Å². The van der Waals surface area contributed by atoms with Crippen molar-refractivity contribution in [3.8, 4) is 12.3 Å². The molecule has 0 spiro atoms. The summed E-state index contributed by atoms with van der Waals surface area (Å²) in [5, 5.41) is 0. The summed E-state index contributed by atoms with van der Waals surface area (Å²) in [5.74, 6) is 0.882. The number of carbonyl (C=O) groups is 1. The molecule has 0 saturated heterocycles. The average Bonchev–Trinajstić information content (AvgIpc) is 2.25. The summed E-state index contributed by atoms with van der Waals surface area (Å²) in [6, 6.07) is 4.29. The van der Waals surface area contributed by atoms with Crippen LogP contribution in [0.3, 0.4) is 0 Å². The van der Waals surface area contributed by atoms with Crippen LogP contribution < -0.4 is 0 Å². The van der Waals surface area contributed by atoms with Crippen LogP contribution in [0.25, 0.3) is 0 Å². The Kier molecular flexibility index (Phi) is 3.56. The molecule has 0 bridgehead atoms. The van der Waals surface area contributed by atoms with Gasteiger partial charge in [-0.25, -0.2) is 4.79 Å². The minimum atomic E-state index is -4.37. The van der Waals surface area contributed by atoms with Crippen molar-refractivity contribution in [2.45, 2.75) is 12.8 Å². The number of rotatable bonds is 2. The van der Waals surface area contributed by atoms with Crippen molar-refractivity contribution >= 4 is 5.97 Å². The van der Waals surface area contributed by atoms with E-state index >= 15 is 0 Å². The highest BCUT2D eigenvalue weighted by Crippen LogP contribution is 2.29. The maximum Gasteiger partial charge on any atom is 0.416 e. The van der Waals surface area contributed by atoms with E-state index in [0.29, 0.717) is 5.56 Å². The molecule has 0 atom stereocenters. The molecule has 1 aromatic rings. The predicted molar refractivity (Wildman–Crippen MR) is 50.1 cm³/mol. The van der Waals surface area contributed by atoms with E-state index in [-0.39, 0.29) is 6.61 Å². The first-order valence-electron chi connectivity index (χ1n) is 4.23. The fourth-order valence-corrected chi connectivity index (χ4v) is 0.981. The lowest BCUT2D eigenvalue weighted by Crippen LogP contribution is -2.05. The van der Waals surface area contributed by atoms with Crippen molar-refractivity contribution in [1.82, 2.24) is 0 Å². The highest BCUT2D eigenvalue weighted by atomic mass is 19.4. The van der Waals surface area contributed by atoms with E-state index in [0.717, 1.165) is 12.1 Å². The zero-order valence-electron chi connectivity index (χ0n) is 8.04. The minimum Gasteiger partial charge on any atom is -0.451 e. The van der Waals surface area contributed by atoms with Crippen molar-refractivity contribution in [1.29, 1.82) is 0 Å². The van der Waals surface area contributed by atoms with Crippen LogP contribution in [0.5, 0.6) is 0 Å². The normalized spacial score (nSPS) is 10.6. The van der Waals surface area contributed by atoms with E-state index in [1.165, 1.54) is 12.1 Å². The Morgan fingerprint density at radius 1 is 1.31 bits per heavy atom. The van der Waals surface area contributed by atoms with Crippen molar-refractivity contribution in [3.63, 3.8) is 0 Å². The van der Waals surface area contributed by atoms with E-state index in [2.05, 4.69) is 4.74 Å². The van der Waals surface area contributed by atoms with Crippen LogP contribution >= 0.6 is 0 Å². The number of terminal acetylenes is 1. The summed E-state index contributed by atoms with van der Waals surface area (Å²) < 4.78 is 41.1. The van der Waals surface area contributed by atoms with Crippen LogP contribution in [0.2, 0.25) is 0 Å². The molecule has 16 heavy (non-hydrogen) atoms. The molecule has 0 aromatic heterocycles. The Balaban J connectivity index is 2.66. The van der Waals surface area contributed by atoms with Gasteiger partial charge in [-0.2, -0.15) is 13.2 Å². The Labute approximate surface area is 90.0 Å². The van der Waals surface area contributed by atoms with Crippen molar-refractivity contribution in [2.24, 2.45) is 0 Å². The van der Waals surface area contributed by atoms with E-state index < -0.39 is 17.7 Å². The summed E-state index contributed by atoms with van der Waals surface area (Å²) in [4.78, 5) is 10.6. The molecular formula is C11H7F3O2. The van der Waals surface area contributed by atoms with Gasteiger partial charge in [-0.1, -0.05) is 12.1 Å². The molecule has 0 aliphatic heterocycles. The van der Waals surface area contributed by atoms with Crippen LogP contribution in [0.15, 0.2) is 24.3 Å². The number of hydrogen-bond acceptors (Lipinski definition) is 2. The molecule has 0 aliphatic carbocycles. The smallest absolute Gasteiger partial charge is 0.416 e. The highest BCUT2D eigenvalue weighted by Gasteiger charge is 2.29. The molecule has 0 aliphatic rings. The van der Waals surface area contributed by atoms with Crippen LogP contribution in [-0.2, 0) is 22.3 Å². The maximum absolute atomic E-state index is 12.2. The van der Waals surface area contributed by atoms with Crippen LogP contribution in [0, 0.1) is 12.3 Å². The molecule has 5 heteroatoms. The first-order valence-corrected chi connectivity index (χ1v) is 4.23. The molecule has 0 amide bonds. The lowest BCUT2D eigenvalue weighted by molar-refractivity contribution is -0.139. The Morgan fingerprint density at radius 3 is 2.31 bits per heavy atom. The van der Waals surface area contributed by atoms with Gasteiger partial charge in [0.1, 0.15) is 6.61 Å². The number of alkyl halides is 3. The van der Waals surface area contributed by atoms with Gasteiger partial charge in [0.15, 0.2) is 0 Å². The molecule has 0 heterocycles. The predicted octanol–water partition coefficient (Wildman–Crippen LogP) is 2.38. The second-order valence-corrected chi connectivity index (χ2v) is 2.92. The lowest BCUT2D eigenvalue weighted by Gasteiger charge is -2.07. The number of benzene rings is 1. The molecule has 0 saturated carbocycles. The van der Waals surface area contributed by atoms with Crippen molar-refractivity contribution < 1.29 is 22.7 Å². The third kappa shape index (κ3) is 3.31. The molecular weight excluding hydrogens is 221 g/mol. The average molecular weight is 228 g/mol. The summed E-state index contributed by atoms with van der Waals surface area (Å²) in [5.41, 5.74) is -0.309. The number of ether oxygens (including phenoxy) is 1. The van der Waals surface area contributed by atoms with E-state index in [1.54, 1.807) is 5.92 Å². The molecule has 0 fully saturated rings. The van der Waals surface area contributed by atoms with Gasteiger partial charge in [-0.3, -0.25) is 0 Å². The first kappa shape index (κ1) is 12.1. The number of hydrogen-bond donors (Lipinski definition) is 0. The maximum atomic E-state index is 12.2. The highest BCUT2D eigenvalue weighted by molar-refractivity contribution is 5.87. The molecule has 0 radical (unpaired) electrons. The molecule has 1 rings (SSSR count). The van der Waals surface area contributed by atoms with Crippen LogP contribution in [0.4, 0.5) is 13.2 Å². The quantitative estimate of drug-likeness (QED) is 0.441. The third-order valence-corrected chi connectivity index (χ3v) is 1.77. The summed E-state index contributed by atoms with van der Waals surface area (Å²) in [6.07, 6.45) is 0.377. The molecule has 2 nitrogen and oxygen atoms in total. The summed E-state index contributed by atoms with van der Waals surface area (Å²) in [7, 11) is 0. The van der Waals surface area contributed by atoms with Gasteiger partial charge in [0.05, 0.1) is 5.56 Å². The SMILES string of the molecule is C#CC(=O)OCc1ccc(C(F)(F)F)cc1. The first-order chi connectivity index (χ1) is 7.43. The number of halogens is 3. The van der Waals surface area contributed by atoms with Gasteiger partial charge >= 0.3 is 12.1 Å². The fraction of sp³-hybridized carbons (Fsp3) is 0.182. The zero-order valence-corrected chi connectivity index (χ0v) is 8.04. The largest absolute Gasteiger partial charge is 0.451 e. The van der Waals surface area contributed by atoms with E-state index in [1.807, 2.05) is 0 Å². The second kappa shape index (κ2) is 4.71.